The molecule has 4 heteroatoms. The molecule has 0 saturated carbocycles. The number of aliphatic hydroxyl groups excluding tert-OH is 1. The summed E-state index contributed by atoms with van der Waals surface area (Å²) in [4.78, 5) is 11.8. The van der Waals surface area contributed by atoms with Crippen molar-refractivity contribution in [3.05, 3.63) is 0 Å². The number of hydrogen-bond donors (Lipinski definition) is 3. The molecular weight excluding hydrogens is 180 g/mol. The van der Waals surface area contributed by atoms with Crippen LogP contribution in [0, 0.1) is 5.41 Å². The number of carbonyl (C=O) groups excluding carboxylic acids is 1. The zero-order valence-corrected chi connectivity index (χ0v) is 8.97. The molecule has 1 aliphatic rings. The summed E-state index contributed by atoms with van der Waals surface area (Å²) in [6, 6.07) is 0. The molecule has 14 heavy (non-hydrogen) atoms. The maximum atomic E-state index is 11.8. The van der Waals surface area contributed by atoms with Gasteiger partial charge in [-0.2, -0.15) is 0 Å². The average Bonchev–Trinajstić information content (AvgIpc) is 2.15. The van der Waals surface area contributed by atoms with E-state index in [1.165, 1.54) is 0 Å². The smallest absolute Gasteiger partial charge is 0.227 e. The van der Waals surface area contributed by atoms with E-state index in [4.69, 9.17) is 5.11 Å². The summed E-state index contributed by atoms with van der Waals surface area (Å²) in [7, 11) is 0. The van der Waals surface area contributed by atoms with Crippen LogP contribution in [0.1, 0.15) is 26.7 Å². The predicted molar refractivity (Wildman–Crippen MR) is 54.9 cm³/mol. The Hall–Kier alpha value is -0.610. The van der Waals surface area contributed by atoms with Gasteiger partial charge in [-0.1, -0.05) is 0 Å². The Morgan fingerprint density at radius 2 is 2.43 bits per heavy atom. The molecule has 4 nitrogen and oxygen atoms in total. The molecule has 1 unspecified atom stereocenters. The van der Waals surface area contributed by atoms with Crippen LogP contribution in [0.25, 0.3) is 0 Å². The van der Waals surface area contributed by atoms with E-state index in [-0.39, 0.29) is 11.3 Å². The number of rotatable bonds is 3. The summed E-state index contributed by atoms with van der Waals surface area (Å²) in [6.07, 6.45) is 1.49. The second kappa shape index (κ2) is 4.75. The van der Waals surface area contributed by atoms with Crippen molar-refractivity contribution in [2.75, 3.05) is 19.6 Å². The third-order valence-corrected chi connectivity index (χ3v) is 2.70. The van der Waals surface area contributed by atoms with Crippen molar-refractivity contribution in [2.45, 2.75) is 32.8 Å². The van der Waals surface area contributed by atoms with Gasteiger partial charge in [-0.25, -0.2) is 0 Å². The summed E-state index contributed by atoms with van der Waals surface area (Å²) in [5.41, 5.74) is -0.298. The van der Waals surface area contributed by atoms with E-state index >= 15 is 0 Å². The van der Waals surface area contributed by atoms with Gasteiger partial charge in [0.15, 0.2) is 0 Å². The van der Waals surface area contributed by atoms with Gasteiger partial charge in [0.1, 0.15) is 0 Å². The Kier molecular flexibility index (Phi) is 3.89. The minimum absolute atomic E-state index is 0.0469. The highest BCUT2D eigenvalue weighted by molar-refractivity contribution is 5.82. The van der Waals surface area contributed by atoms with Crippen LogP contribution in [0.15, 0.2) is 0 Å². The molecule has 0 aliphatic carbocycles. The van der Waals surface area contributed by atoms with Crippen molar-refractivity contribution < 1.29 is 9.90 Å². The van der Waals surface area contributed by atoms with Crippen molar-refractivity contribution in [1.29, 1.82) is 0 Å². The molecule has 82 valence electrons. The fourth-order valence-electron chi connectivity index (χ4n) is 1.70. The Morgan fingerprint density at radius 1 is 1.71 bits per heavy atom. The fourth-order valence-corrected chi connectivity index (χ4v) is 1.70. The molecule has 1 rings (SSSR count). The van der Waals surface area contributed by atoms with Crippen LogP contribution >= 0.6 is 0 Å². The summed E-state index contributed by atoms with van der Waals surface area (Å²) < 4.78 is 0. The maximum absolute atomic E-state index is 11.8. The van der Waals surface area contributed by atoms with E-state index in [0.29, 0.717) is 6.54 Å². The van der Waals surface area contributed by atoms with Gasteiger partial charge >= 0.3 is 0 Å². The van der Waals surface area contributed by atoms with Gasteiger partial charge in [-0.15, -0.1) is 0 Å². The molecule has 0 aromatic carbocycles. The average molecular weight is 200 g/mol. The second-order valence-corrected chi connectivity index (χ2v) is 4.40. The molecule has 3 N–H and O–H groups in total. The summed E-state index contributed by atoms with van der Waals surface area (Å²) in [5.74, 6) is 0.0469. The van der Waals surface area contributed by atoms with E-state index in [1.807, 2.05) is 6.92 Å². The SMILES string of the molecule is C[C@H](O)CNC(=O)C1(C)CCCNC1. The Labute approximate surface area is 85.1 Å². The van der Waals surface area contributed by atoms with Gasteiger partial charge in [0, 0.05) is 13.1 Å². The molecule has 0 radical (unpaired) electrons. The van der Waals surface area contributed by atoms with E-state index in [1.54, 1.807) is 6.92 Å². The molecule has 0 bridgehead atoms. The Bertz CT molecular complexity index is 198. The molecule has 2 atom stereocenters. The highest BCUT2D eigenvalue weighted by Crippen LogP contribution is 2.25. The minimum atomic E-state index is -0.473. The van der Waals surface area contributed by atoms with Crippen molar-refractivity contribution in [2.24, 2.45) is 5.41 Å². The summed E-state index contributed by atoms with van der Waals surface area (Å²) in [5, 5.41) is 15.0. The monoisotopic (exact) mass is 200 g/mol. The fraction of sp³-hybridized carbons (Fsp3) is 0.900. The zero-order valence-electron chi connectivity index (χ0n) is 8.97. The number of amides is 1. The van der Waals surface area contributed by atoms with Crippen molar-refractivity contribution in [3.63, 3.8) is 0 Å². The molecule has 0 aromatic rings. The highest BCUT2D eigenvalue weighted by atomic mass is 16.3. The van der Waals surface area contributed by atoms with Crippen LogP contribution in [-0.4, -0.2) is 36.8 Å². The van der Waals surface area contributed by atoms with Crippen LogP contribution in [0.2, 0.25) is 0 Å². The van der Waals surface area contributed by atoms with Crippen molar-refractivity contribution >= 4 is 5.91 Å². The third kappa shape index (κ3) is 2.96. The normalized spacial score (nSPS) is 29.6. The molecule has 1 heterocycles. The lowest BCUT2D eigenvalue weighted by atomic mass is 9.82. The topological polar surface area (TPSA) is 61.4 Å². The van der Waals surface area contributed by atoms with Gasteiger partial charge in [0.25, 0.3) is 0 Å². The van der Waals surface area contributed by atoms with Gasteiger partial charge in [-0.05, 0) is 33.2 Å². The van der Waals surface area contributed by atoms with Crippen LogP contribution in [0.5, 0.6) is 0 Å². The van der Waals surface area contributed by atoms with Crippen LogP contribution in [0.4, 0.5) is 0 Å². The number of piperidine rings is 1. The lowest BCUT2D eigenvalue weighted by Crippen LogP contribution is -2.49. The Balaban J connectivity index is 2.41. The van der Waals surface area contributed by atoms with Crippen LogP contribution in [0.3, 0.4) is 0 Å². The van der Waals surface area contributed by atoms with Crippen LogP contribution in [-0.2, 0) is 4.79 Å². The predicted octanol–water partition coefficient (Wildman–Crippen LogP) is -0.127. The lowest BCUT2D eigenvalue weighted by Gasteiger charge is -2.32. The van der Waals surface area contributed by atoms with Gasteiger partial charge in [0.2, 0.25) is 5.91 Å². The first kappa shape index (κ1) is 11.5. The summed E-state index contributed by atoms with van der Waals surface area (Å²) >= 11 is 0. The quantitative estimate of drug-likeness (QED) is 0.595. The third-order valence-electron chi connectivity index (χ3n) is 2.70. The number of carbonyl (C=O) groups is 1. The molecule has 1 saturated heterocycles. The van der Waals surface area contributed by atoms with Crippen molar-refractivity contribution in [3.8, 4) is 0 Å². The second-order valence-electron chi connectivity index (χ2n) is 4.40. The standard InChI is InChI=1S/C10H20N2O2/c1-8(13)6-12-9(14)10(2)4-3-5-11-7-10/h8,11,13H,3-7H2,1-2H3,(H,12,14)/t8-,10?/m0/s1. The zero-order chi connectivity index (χ0) is 10.6. The highest BCUT2D eigenvalue weighted by Gasteiger charge is 2.34. The molecule has 1 fully saturated rings. The maximum Gasteiger partial charge on any atom is 0.227 e. The van der Waals surface area contributed by atoms with E-state index in [9.17, 15) is 4.79 Å². The molecule has 0 spiro atoms. The molecular formula is C10H20N2O2. The van der Waals surface area contributed by atoms with Crippen LogP contribution < -0.4 is 10.6 Å². The molecule has 1 amide bonds. The first-order chi connectivity index (χ1) is 6.54. The number of nitrogens with one attached hydrogen (secondary N) is 2. The summed E-state index contributed by atoms with van der Waals surface area (Å²) in [6.45, 7) is 5.71. The molecule has 1 aliphatic heterocycles. The number of hydrogen-bond acceptors (Lipinski definition) is 3. The van der Waals surface area contributed by atoms with E-state index in [0.717, 1.165) is 25.9 Å². The minimum Gasteiger partial charge on any atom is -0.392 e. The van der Waals surface area contributed by atoms with E-state index in [2.05, 4.69) is 10.6 Å². The number of aliphatic hydroxyl groups is 1. The van der Waals surface area contributed by atoms with Gasteiger partial charge in [-0.3, -0.25) is 4.79 Å². The Morgan fingerprint density at radius 3 is 2.93 bits per heavy atom. The first-order valence-electron chi connectivity index (χ1n) is 5.22. The van der Waals surface area contributed by atoms with Gasteiger partial charge < -0.3 is 15.7 Å². The molecule has 0 aromatic heterocycles. The van der Waals surface area contributed by atoms with Gasteiger partial charge in [0.05, 0.1) is 11.5 Å². The van der Waals surface area contributed by atoms with E-state index < -0.39 is 6.10 Å². The van der Waals surface area contributed by atoms with Crippen molar-refractivity contribution in [1.82, 2.24) is 10.6 Å². The first-order valence-corrected chi connectivity index (χ1v) is 5.22. The largest absolute Gasteiger partial charge is 0.392 e. The lowest BCUT2D eigenvalue weighted by molar-refractivity contribution is -0.131.